The predicted molar refractivity (Wildman–Crippen MR) is 109 cm³/mol. The molecule has 7 nitrogen and oxygen atoms in total. The minimum atomic E-state index is -0.815. The molecule has 0 aliphatic carbocycles. The van der Waals surface area contributed by atoms with Crippen LogP contribution in [0, 0.1) is 5.92 Å². The van der Waals surface area contributed by atoms with E-state index in [4.69, 9.17) is 10.9 Å². The number of hydrogen-bond acceptors (Lipinski definition) is 4. The summed E-state index contributed by atoms with van der Waals surface area (Å²) in [6, 6.07) is 14.6. The minimum Gasteiger partial charge on any atom is -0.481 e. The molecule has 0 aromatic heterocycles. The molecule has 0 fully saturated rings. The van der Waals surface area contributed by atoms with Crippen LogP contribution >= 0.6 is 0 Å². The zero-order valence-corrected chi connectivity index (χ0v) is 16.1. The number of aliphatic imine (C=N–C) groups is 1. The van der Waals surface area contributed by atoms with Crippen LogP contribution in [0.3, 0.4) is 0 Å². The van der Waals surface area contributed by atoms with Crippen LogP contribution in [0.1, 0.15) is 47.7 Å². The molecule has 1 atom stereocenters. The number of carboxylic acid groups (broad SMARTS) is 1. The van der Waals surface area contributed by atoms with Crippen molar-refractivity contribution in [3.05, 3.63) is 65.2 Å². The van der Waals surface area contributed by atoms with Gasteiger partial charge >= 0.3 is 5.97 Å². The first-order chi connectivity index (χ1) is 13.4. The summed E-state index contributed by atoms with van der Waals surface area (Å²) in [6.07, 6.45) is 1.42. The number of nitrogens with two attached hydrogens (primary N) is 1. The summed E-state index contributed by atoms with van der Waals surface area (Å²) in [5, 5.41) is 12.1. The molecule has 5 N–H and O–H groups in total. The number of carbonyl (C=O) groups is 2. The molecule has 0 aliphatic rings. The fourth-order valence-corrected chi connectivity index (χ4v) is 2.98. The highest BCUT2D eigenvalue weighted by Crippen LogP contribution is 2.28. The first kappa shape index (κ1) is 21.1. The van der Waals surface area contributed by atoms with Gasteiger partial charge in [-0.3, -0.25) is 9.59 Å². The van der Waals surface area contributed by atoms with Gasteiger partial charge in [0.15, 0.2) is 0 Å². The fourth-order valence-electron chi connectivity index (χ4n) is 2.98. The number of benzene rings is 2. The molecular formula is C21H26N4O3. The third-order valence-electron chi connectivity index (χ3n) is 4.43. The van der Waals surface area contributed by atoms with Crippen molar-refractivity contribution in [3.8, 4) is 0 Å². The van der Waals surface area contributed by atoms with Crippen molar-refractivity contribution in [3.63, 3.8) is 0 Å². The van der Waals surface area contributed by atoms with Crippen LogP contribution in [0.15, 0.2) is 53.5 Å². The third kappa shape index (κ3) is 6.21. The van der Waals surface area contributed by atoms with Gasteiger partial charge in [-0.2, -0.15) is 0 Å². The summed E-state index contributed by atoms with van der Waals surface area (Å²) in [4.78, 5) is 27.7. The molecule has 0 spiro atoms. The Labute approximate surface area is 164 Å². The van der Waals surface area contributed by atoms with E-state index in [0.717, 1.165) is 11.1 Å². The molecule has 0 radical (unpaired) electrons. The molecule has 0 saturated carbocycles. The molecule has 0 heterocycles. The van der Waals surface area contributed by atoms with Gasteiger partial charge in [0.05, 0.1) is 12.1 Å². The van der Waals surface area contributed by atoms with Gasteiger partial charge in [0, 0.05) is 12.1 Å². The average molecular weight is 382 g/mol. The van der Waals surface area contributed by atoms with E-state index >= 15 is 0 Å². The van der Waals surface area contributed by atoms with E-state index in [-0.39, 0.29) is 24.2 Å². The second-order valence-corrected chi connectivity index (χ2v) is 6.85. The van der Waals surface area contributed by atoms with Crippen molar-refractivity contribution in [2.75, 3.05) is 0 Å². The zero-order valence-electron chi connectivity index (χ0n) is 16.1. The lowest BCUT2D eigenvalue weighted by molar-refractivity contribution is -0.137. The molecular weight excluding hydrogens is 356 g/mol. The highest BCUT2D eigenvalue weighted by Gasteiger charge is 2.19. The Morgan fingerprint density at radius 2 is 1.93 bits per heavy atom. The van der Waals surface area contributed by atoms with Crippen LogP contribution in [0.25, 0.3) is 0 Å². The second kappa shape index (κ2) is 10.2. The maximum Gasteiger partial charge on any atom is 0.303 e. The number of carbonyl (C=O) groups excluding carboxylic acids is 1. The number of rotatable bonds is 9. The number of hydrogen-bond donors (Lipinski definition) is 4. The van der Waals surface area contributed by atoms with Crippen LogP contribution in [0.4, 0.5) is 5.69 Å². The smallest absolute Gasteiger partial charge is 0.303 e. The molecule has 28 heavy (non-hydrogen) atoms. The summed E-state index contributed by atoms with van der Waals surface area (Å²) >= 11 is 0. The number of nitrogens with zero attached hydrogens (tertiary/aromatic N) is 1. The van der Waals surface area contributed by atoms with Gasteiger partial charge in [-0.25, -0.2) is 10.8 Å². The highest BCUT2D eigenvalue weighted by molar-refractivity contribution is 5.95. The van der Waals surface area contributed by atoms with E-state index in [0.29, 0.717) is 17.8 Å². The molecule has 7 heteroatoms. The van der Waals surface area contributed by atoms with Crippen molar-refractivity contribution in [1.29, 1.82) is 0 Å². The maximum absolute atomic E-state index is 12.4. The lowest BCUT2D eigenvalue weighted by Gasteiger charge is -2.20. The van der Waals surface area contributed by atoms with E-state index in [2.05, 4.69) is 15.7 Å². The van der Waals surface area contributed by atoms with Crippen LogP contribution in [-0.2, 0) is 11.3 Å². The normalized spacial score (nSPS) is 12.1. The van der Waals surface area contributed by atoms with Crippen molar-refractivity contribution >= 4 is 23.9 Å². The summed E-state index contributed by atoms with van der Waals surface area (Å²) in [5.74, 6) is 4.26. The quantitative estimate of drug-likeness (QED) is 0.230. The minimum absolute atomic E-state index is 0.0705. The monoisotopic (exact) mass is 382 g/mol. The molecule has 0 aliphatic heterocycles. The number of hydrazine groups is 1. The molecule has 148 valence electrons. The SMILES string of the molecule is CC(C)C(CC(=O)O)c1cccc(CNC(=O)c2cccc(N=CNN)c2)c1. The van der Waals surface area contributed by atoms with Gasteiger partial charge in [0.25, 0.3) is 5.91 Å². The Morgan fingerprint density at radius 3 is 2.61 bits per heavy atom. The number of carboxylic acids is 1. The Bertz CT molecular complexity index is 849. The Hall–Kier alpha value is -3.19. The van der Waals surface area contributed by atoms with Crippen molar-refractivity contribution in [2.45, 2.75) is 32.7 Å². The van der Waals surface area contributed by atoms with Crippen LogP contribution in [0.5, 0.6) is 0 Å². The molecule has 1 amide bonds. The Balaban J connectivity index is 2.07. The maximum atomic E-state index is 12.4. The Kier molecular flexibility index (Phi) is 7.71. The number of nitrogens with one attached hydrogen (secondary N) is 2. The lowest BCUT2D eigenvalue weighted by Crippen LogP contribution is -2.23. The standard InChI is InChI=1S/C21H26N4O3/c1-14(2)19(11-20(26)27)16-6-3-5-15(9-16)12-23-21(28)17-7-4-8-18(10-17)24-13-25-22/h3-10,13-14,19H,11-12,22H2,1-2H3,(H,23,28)(H,24,25)(H,26,27). The lowest BCUT2D eigenvalue weighted by atomic mass is 9.85. The van der Waals surface area contributed by atoms with E-state index in [1.807, 2.05) is 38.1 Å². The highest BCUT2D eigenvalue weighted by atomic mass is 16.4. The fraction of sp³-hybridized carbons (Fsp3) is 0.286. The summed E-state index contributed by atoms with van der Waals surface area (Å²) in [6.45, 7) is 4.37. The van der Waals surface area contributed by atoms with Crippen LogP contribution < -0.4 is 16.6 Å². The van der Waals surface area contributed by atoms with Gasteiger partial charge in [-0.15, -0.1) is 0 Å². The predicted octanol–water partition coefficient (Wildman–Crippen LogP) is 2.95. The van der Waals surface area contributed by atoms with Crippen molar-refractivity contribution in [1.82, 2.24) is 10.7 Å². The first-order valence-electron chi connectivity index (χ1n) is 9.08. The van der Waals surface area contributed by atoms with Gasteiger partial charge in [0.1, 0.15) is 6.34 Å². The number of amides is 1. The second-order valence-electron chi connectivity index (χ2n) is 6.85. The summed E-state index contributed by atoms with van der Waals surface area (Å²) in [5.41, 5.74) is 5.31. The van der Waals surface area contributed by atoms with Crippen molar-refractivity contribution in [2.24, 2.45) is 16.8 Å². The van der Waals surface area contributed by atoms with E-state index in [1.54, 1.807) is 24.3 Å². The largest absolute Gasteiger partial charge is 0.481 e. The molecule has 0 saturated heterocycles. The number of aliphatic carboxylic acids is 1. The molecule has 2 aromatic rings. The van der Waals surface area contributed by atoms with Crippen LogP contribution in [-0.4, -0.2) is 23.3 Å². The van der Waals surface area contributed by atoms with E-state index in [1.165, 1.54) is 6.34 Å². The van der Waals surface area contributed by atoms with Gasteiger partial charge in [-0.05, 0) is 41.2 Å². The Morgan fingerprint density at radius 1 is 1.18 bits per heavy atom. The van der Waals surface area contributed by atoms with E-state index in [9.17, 15) is 9.59 Å². The van der Waals surface area contributed by atoms with Gasteiger partial charge < -0.3 is 15.8 Å². The third-order valence-corrected chi connectivity index (χ3v) is 4.43. The van der Waals surface area contributed by atoms with E-state index < -0.39 is 5.97 Å². The van der Waals surface area contributed by atoms with Crippen LogP contribution in [0.2, 0.25) is 0 Å². The van der Waals surface area contributed by atoms with Crippen molar-refractivity contribution < 1.29 is 14.7 Å². The van der Waals surface area contributed by atoms with Gasteiger partial charge in [0.2, 0.25) is 0 Å². The summed E-state index contributed by atoms with van der Waals surface area (Å²) in [7, 11) is 0. The first-order valence-corrected chi connectivity index (χ1v) is 9.08. The molecule has 2 aromatic carbocycles. The topological polar surface area (TPSA) is 117 Å². The van der Waals surface area contributed by atoms with Gasteiger partial charge in [-0.1, -0.05) is 44.2 Å². The zero-order chi connectivity index (χ0) is 20.5. The molecule has 0 bridgehead atoms. The summed E-state index contributed by atoms with van der Waals surface area (Å²) < 4.78 is 0. The average Bonchev–Trinajstić information content (AvgIpc) is 2.68. The molecule has 2 rings (SSSR count). The molecule has 1 unspecified atom stereocenters.